The number of hydrogen-bond acceptors (Lipinski definition) is 7. The lowest BCUT2D eigenvalue weighted by Crippen LogP contribution is -2.49. The largest absolute Gasteiger partial charge is 0.422 e. The van der Waals surface area contributed by atoms with E-state index in [0.717, 1.165) is 30.7 Å². The van der Waals surface area contributed by atoms with E-state index in [1.54, 1.807) is 17.0 Å². The Kier molecular flexibility index (Phi) is 8.29. The number of allylic oxidation sites excluding steroid dienone is 1. The quantitative estimate of drug-likeness (QED) is 0.506. The molecule has 6 rings (SSSR count). The molecule has 226 valence electrons. The maximum atomic E-state index is 15.8. The second-order valence-electron chi connectivity index (χ2n) is 10.9. The standard InChI is InChI=1S/C27H28F5N7O.C2H6/c28-26(29)15-39(20-6-5-18-22(27(30,31)32)25(40)36-35-23(18)20)14-19(26)24(17-2-1-3-17)38-10-8-37(9-11-38)21-7-4-16(12-33)13-34-21;1-2/h4,7,13,19-20H,1-3,5-6,8-11,14-15H2,(H,36,40);1-2H3. The number of H-pyrrole nitrogens is 1. The molecule has 13 heteroatoms. The first kappa shape index (κ1) is 29.9. The zero-order valence-corrected chi connectivity index (χ0v) is 23.6. The number of rotatable bonds is 4. The van der Waals surface area contributed by atoms with Gasteiger partial charge < -0.3 is 9.80 Å². The number of pyridine rings is 1. The molecular weight excluding hydrogens is 557 g/mol. The van der Waals surface area contributed by atoms with Crippen molar-refractivity contribution >= 4 is 5.82 Å². The molecule has 3 fully saturated rings. The molecule has 8 nitrogen and oxygen atoms in total. The van der Waals surface area contributed by atoms with Gasteiger partial charge in [-0.3, -0.25) is 9.69 Å². The first-order chi connectivity index (χ1) is 20.1. The number of nitrogens with zero attached hydrogens (tertiary/aromatic N) is 6. The third-order valence-corrected chi connectivity index (χ3v) is 8.64. The van der Waals surface area contributed by atoms with Crippen molar-refractivity contribution in [2.75, 3.05) is 44.2 Å². The highest BCUT2D eigenvalue weighted by Crippen LogP contribution is 2.48. The number of nitrogens with one attached hydrogen (secondary N) is 1. The van der Waals surface area contributed by atoms with E-state index < -0.39 is 41.7 Å². The first-order valence-electron chi connectivity index (χ1n) is 14.5. The van der Waals surface area contributed by atoms with Gasteiger partial charge in [-0.1, -0.05) is 19.4 Å². The molecule has 0 spiro atoms. The highest BCUT2D eigenvalue weighted by molar-refractivity contribution is 5.43. The van der Waals surface area contributed by atoms with Gasteiger partial charge in [0.1, 0.15) is 17.5 Å². The summed E-state index contributed by atoms with van der Waals surface area (Å²) in [5.74, 6) is -3.41. The average molecular weight is 592 g/mol. The summed E-state index contributed by atoms with van der Waals surface area (Å²) >= 11 is 0. The Balaban J connectivity index is 0.00000173. The van der Waals surface area contributed by atoms with Crippen LogP contribution in [0.25, 0.3) is 0 Å². The van der Waals surface area contributed by atoms with Crippen LogP contribution in [0.15, 0.2) is 34.4 Å². The van der Waals surface area contributed by atoms with Crippen molar-refractivity contribution in [1.82, 2.24) is 25.0 Å². The molecule has 2 saturated heterocycles. The third kappa shape index (κ3) is 5.48. The molecule has 0 radical (unpaired) electrons. The van der Waals surface area contributed by atoms with Crippen LogP contribution in [0.5, 0.6) is 0 Å². The predicted octanol–water partition coefficient (Wildman–Crippen LogP) is 4.90. The molecule has 2 unspecified atom stereocenters. The van der Waals surface area contributed by atoms with Gasteiger partial charge in [0.05, 0.1) is 29.8 Å². The highest BCUT2D eigenvalue weighted by atomic mass is 19.4. The minimum Gasteiger partial charge on any atom is -0.371 e. The highest BCUT2D eigenvalue weighted by Gasteiger charge is 2.54. The maximum Gasteiger partial charge on any atom is 0.422 e. The van der Waals surface area contributed by atoms with Crippen LogP contribution in [-0.4, -0.2) is 70.2 Å². The fourth-order valence-corrected chi connectivity index (χ4v) is 6.55. The number of aromatic nitrogens is 3. The Morgan fingerprint density at radius 3 is 2.40 bits per heavy atom. The summed E-state index contributed by atoms with van der Waals surface area (Å²) in [6.07, 6.45) is -0.674. The molecule has 2 aromatic heterocycles. The van der Waals surface area contributed by atoms with Crippen molar-refractivity contribution in [3.63, 3.8) is 0 Å². The Labute approximate surface area is 240 Å². The van der Waals surface area contributed by atoms with Gasteiger partial charge in [-0.25, -0.2) is 18.9 Å². The van der Waals surface area contributed by atoms with E-state index in [0.29, 0.717) is 37.4 Å². The van der Waals surface area contributed by atoms with Crippen LogP contribution in [0, 0.1) is 17.2 Å². The van der Waals surface area contributed by atoms with Crippen molar-refractivity contribution in [3.05, 3.63) is 62.3 Å². The number of fused-ring (bicyclic) bond motifs is 1. The number of nitriles is 1. The number of piperazine rings is 1. The van der Waals surface area contributed by atoms with Crippen molar-refractivity contribution in [2.45, 2.75) is 64.1 Å². The number of alkyl halides is 5. The Bertz CT molecular complexity index is 1420. The van der Waals surface area contributed by atoms with Crippen LogP contribution in [0.4, 0.5) is 27.8 Å². The minimum absolute atomic E-state index is 0.00941. The van der Waals surface area contributed by atoms with Gasteiger partial charge in [0.25, 0.3) is 11.5 Å². The molecule has 42 heavy (non-hydrogen) atoms. The van der Waals surface area contributed by atoms with Gasteiger partial charge >= 0.3 is 6.18 Å². The Hall–Kier alpha value is -3.53. The summed E-state index contributed by atoms with van der Waals surface area (Å²) < 4.78 is 72.3. The van der Waals surface area contributed by atoms with Gasteiger partial charge in [-0.2, -0.15) is 23.5 Å². The molecule has 1 N–H and O–H groups in total. The summed E-state index contributed by atoms with van der Waals surface area (Å²) in [4.78, 5) is 22.0. The zero-order valence-electron chi connectivity index (χ0n) is 23.6. The van der Waals surface area contributed by atoms with Gasteiger partial charge in [0.2, 0.25) is 0 Å². The second-order valence-corrected chi connectivity index (χ2v) is 10.9. The SMILES string of the molecule is CC.N#Cc1ccc(N2CCN(C(=C3CCC3)C3CN(C4CCc5c4n[nH]c(=O)c5C(F)(F)F)CC3(F)F)CC2)nc1. The van der Waals surface area contributed by atoms with E-state index in [-0.39, 0.29) is 30.6 Å². The van der Waals surface area contributed by atoms with Crippen LogP contribution in [-0.2, 0) is 12.6 Å². The second kappa shape index (κ2) is 11.6. The Morgan fingerprint density at radius 1 is 1.12 bits per heavy atom. The number of aromatic amines is 1. The fourth-order valence-electron chi connectivity index (χ4n) is 6.55. The molecule has 4 heterocycles. The predicted molar refractivity (Wildman–Crippen MR) is 146 cm³/mol. The summed E-state index contributed by atoms with van der Waals surface area (Å²) in [7, 11) is 0. The van der Waals surface area contributed by atoms with E-state index in [1.807, 2.05) is 25.0 Å². The molecule has 2 aliphatic heterocycles. The van der Waals surface area contributed by atoms with Crippen LogP contribution < -0.4 is 10.5 Å². The molecule has 0 bridgehead atoms. The normalized spacial score (nSPS) is 23.5. The van der Waals surface area contributed by atoms with Gasteiger partial charge in [0.15, 0.2) is 0 Å². The summed E-state index contributed by atoms with van der Waals surface area (Å²) in [5.41, 5.74) is -0.533. The van der Waals surface area contributed by atoms with Gasteiger partial charge in [-0.15, -0.1) is 0 Å². The number of anilines is 1. The molecule has 4 aliphatic rings. The Morgan fingerprint density at radius 2 is 1.83 bits per heavy atom. The molecule has 0 aromatic carbocycles. The average Bonchev–Trinajstić information content (AvgIpc) is 3.50. The molecule has 2 atom stereocenters. The number of halogens is 5. The van der Waals surface area contributed by atoms with Gasteiger partial charge in [-0.05, 0) is 49.8 Å². The van der Waals surface area contributed by atoms with Crippen LogP contribution in [0.3, 0.4) is 0 Å². The smallest absolute Gasteiger partial charge is 0.371 e. The molecular formula is C29H34F5N7O. The fraction of sp³-hybridized carbons (Fsp3) is 0.586. The number of likely N-dealkylation sites (tertiary alicyclic amines) is 1. The van der Waals surface area contributed by atoms with E-state index in [2.05, 4.69) is 19.9 Å². The van der Waals surface area contributed by atoms with Crippen molar-refractivity contribution < 1.29 is 22.0 Å². The summed E-state index contributed by atoms with van der Waals surface area (Å²) in [6, 6.07) is 4.82. The minimum atomic E-state index is -4.84. The van der Waals surface area contributed by atoms with Crippen LogP contribution >= 0.6 is 0 Å². The monoisotopic (exact) mass is 591 g/mol. The lowest BCUT2D eigenvalue weighted by Gasteiger charge is -2.42. The van der Waals surface area contributed by atoms with Crippen molar-refractivity contribution in [2.24, 2.45) is 5.92 Å². The maximum absolute atomic E-state index is 15.8. The zero-order chi connectivity index (χ0) is 30.2. The topological polar surface area (TPSA) is 92.2 Å². The summed E-state index contributed by atoms with van der Waals surface area (Å²) in [6.45, 7) is 5.69. The summed E-state index contributed by atoms with van der Waals surface area (Å²) in [5, 5.41) is 14.9. The number of hydrogen-bond donors (Lipinski definition) is 1. The molecule has 2 aliphatic carbocycles. The van der Waals surface area contributed by atoms with E-state index in [4.69, 9.17) is 5.26 Å². The van der Waals surface area contributed by atoms with Crippen molar-refractivity contribution in [1.29, 1.82) is 5.26 Å². The molecule has 1 saturated carbocycles. The van der Waals surface area contributed by atoms with Crippen LogP contribution in [0.2, 0.25) is 0 Å². The third-order valence-electron chi connectivity index (χ3n) is 8.64. The van der Waals surface area contributed by atoms with Crippen molar-refractivity contribution in [3.8, 4) is 6.07 Å². The van der Waals surface area contributed by atoms with Gasteiger partial charge in [0, 0.05) is 44.6 Å². The van der Waals surface area contributed by atoms with E-state index >= 15 is 8.78 Å². The first-order valence-corrected chi connectivity index (χ1v) is 14.5. The lowest BCUT2D eigenvalue weighted by atomic mass is 9.84. The van der Waals surface area contributed by atoms with E-state index in [9.17, 15) is 18.0 Å². The molecule has 2 aromatic rings. The lowest BCUT2D eigenvalue weighted by molar-refractivity contribution is -0.139. The van der Waals surface area contributed by atoms with E-state index in [1.165, 1.54) is 6.20 Å². The van der Waals surface area contributed by atoms with Crippen LogP contribution in [0.1, 0.15) is 68.0 Å². The molecule has 0 amide bonds.